The van der Waals surface area contributed by atoms with Crippen molar-refractivity contribution in [3.05, 3.63) is 33.1 Å². The highest BCUT2D eigenvalue weighted by Gasteiger charge is 2.06. The molecule has 0 bridgehead atoms. The number of nitrogens with zero attached hydrogens (tertiary/aromatic N) is 2. The van der Waals surface area contributed by atoms with Crippen LogP contribution >= 0.6 is 27.5 Å². The first-order valence-corrected chi connectivity index (χ1v) is 5.35. The molecule has 4 heteroatoms. The van der Waals surface area contributed by atoms with Gasteiger partial charge in [-0.15, -0.1) is 0 Å². The van der Waals surface area contributed by atoms with E-state index in [1.165, 1.54) is 0 Å². The summed E-state index contributed by atoms with van der Waals surface area (Å²) in [6, 6.07) is 3.95. The van der Waals surface area contributed by atoms with Gasteiger partial charge in [-0.2, -0.15) is 0 Å². The van der Waals surface area contributed by atoms with Gasteiger partial charge in [-0.25, -0.2) is 9.97 Å². The molecule has 0 fully saturated rings. The second-order valence-corrected chi connectivity index (χ2v) is 4.45. The van der Waals surface area contributed by atoms with E-state index >= 15 is 0 Å². The molecule has 72 valence electrons. The molecule has 1 aromatic carbocycles. The van der Waals surface area contributed by atoms with Crippen LogP contribution in [-0.4, -0.2) is 9.97 Å². The number of halogens is 2. The van der Waals surface area contributed by atoms with Gasteiger partial charge in [-0.05, 0) is 31.5 Å². The van der Waals surface area contributed by atoms with Crippen LogP contribution in [0.4, 0.5) is 0 Å². The molecule has 0 unspecified atom stereocenters. The van der Waals surface area contributed by atoms with E-state index in [0.717, 1.165) is 20.9 Å². The lowest BCUT2D eigenvalue weighted by atomic mass is 10.1. The van der Waals surface area contributed by atoms with E-state index < -0.39 is 0 Å². The van der Waals surface area contributed by atoms with Crippen molar-refractivity contribution in [2.75, 3.05) is 0 Å². The topological polar surface area (TPSA) is 25.8 Å². The molecule has 2 nitrogen and oxygen atoms in total. The number of aryl methyl sites for hydroxylation is 2. The van der Waals surface area contributed by atoms with Crippen LogP contribution in [0.15, 0.2) is 16.6 Å². The molecule has 0 radical (unpaired) electrons. The second kappa shape index (κ2) is 3.48. The van der Waals surface area contributed by atoms with Crippen LogP contribution in [-0.2, 0) is 0 Å². The van der Waals surface area contributed by atoms with Crippen molar-refractivity contribution >= 4 is 38.4 Å². The smallest absolute Gasteiger partial charge is 0.140 e. The second-order valence-electron chi connectivity index (χ2n) is 3.18. The van der Waals surface area contributed by atoms with Gasteiger partial charge < -0.3 is 0 Å². The summed E-state index contributed by atoms with van der Waals surface area (Å²) in [5.74, 6) is 0.702. The zero-order valence-corrected chi connectivity index (χ0v) is 10.1. The Labute approximate surface area is 95.5 Å². The van der Waals surface area contributed by atoms with Gasteiger partial charge in [0.15, 0.2) is 0 Å². The minimum Gasteiger partial charge on any atom is -0.233 e. The largest absolute Gasteiger partial charge is 0.233 e. The Morgan fingerprint density at radius 2 is 1.93 bits per heavy atom. The van der Waals surface area contributed by atoms with E-state index in [0.29, 0.717) is 11.0 Å². The van der Waals surface area contributed by atoms with Gasteiger partial charge in [0.05, 0.1) is 5.52 Å². The first kappa shape index (κ1) is 9.87. The molecule has 14 heavy (non-hydrogen) atoms. The molecule has 0 atom stereocenters. The van der Waals surface area contributed by atoms with Crippen molar-refractivity contribution in [1.82, 2.24) is 9.97 Å². The normalized spacial score (nSPS) is 10.9. The highest BCUT2D eigenvalue weighted by molar-refractivity contribution is 9.10. The SMILES string of the molecule is Cc1nc(Cl)c2cc(Br)cc(C)c2n1. The molecule has 1 aromatic heterocycles. The van der Waals surface area contributed by atoms with Crippen molar-refractivity contribution in [3.8, 4) is 0 Å². The molecule has 0 aliphatic carbocycles. The molecule has 2 aromatic rings. The van der Waals surface area contributed by atoms with Crippen LogP contribution in [0.5, 0.6) is 0 Å². The average Bonchev–Trinajstić information content (AvgIpc) is 2.07. The molecular formula is C10H8BrClN2. The molecule has 0 N–H and O–H groups in total. The van der Waals surface area contributed by atoms with E-state index in [2.05, 4.69) is 25.9 Å². The van der Waals surface area contributed by atoms with E-state index in [9.17, 15) is 0 Å². The van der Waals surface area contributed by atoms with Crippen LogP contribution in [0.3, 0.4) is 0 Å². The van der Waals surface area contributed by atoms with Crippen molar-refractivity contribution < 1.29 is 0 Å². The fourth-order valence-corrected chi connectivity index (χ4v) is 2.27. The molecule has 0 aliphatic heterocycles. The average molecular weight is 272 g/mol. The zero-order valence-electron chi connectivity index (χ0n) is 7.81. The third-order valence-electron chi connectivity index (χ3n) is 2.02. The molecular weight excluding hydrogens is 263 g/mol. The van der Waals surface area contributed by atoms with Gasteiger partial charge in [0.2, 0.25) is 0 Å². The lowest BCUT2D eigenvalue weighted by Gasteiger charge is -2.04. The van der Waals surface area contributed by atoms with Crippen LogP contribution in [0.2, 0.25) is 5.15 Å². The van der Waals surface area contributed by atoms with Crippen LogP contribution < -0.4 is 0 Å². The van der Waals surface area contributed by atoms with Gasteiger partial charge in [-0.3, -0.25) is 0 Å². The van der Waals surface area contributed by atoms with E-state index in [1.54, 1.807) is 0 Å². The Kier molecular flexibility index (Phi) is 2.45. The Balaban J connectivity index is 2.94. The fraction of sp³-hybridized carbons (Fsp3) is 0.200. The molecule has 0 saturated carbocycles. The van der Waals surface area contributed by atoms with Gasteiger partial charge >= 0.3 is 0 Å². The predicted molar refractivity (Wildman–Crippen MR) is 61.7 cm³/mol. The van der Waals surface area contributed by atoms with Gasteiger partial charge in [0, 0.05) is 9.86 Å². The van der Waals surface area contributed by atoms with E-state index in [-0.39, 0.29) is 0 Å². The summed E-state index contributed by atoms with van der Waals surface area (Å²) in [5, 5.41) is 1.40. The van der Waals surface area contributed by atoms with Crippen LogP contribution in [0.1, 0.15) is 11.4 Å². The summed E-state index contributed by atoms with van der Waals surface area (Å²) in [5.41, 5.74) is 2.02. The van der Waals surface area contributed by atoms with E-state index in [1.807, 2.05) is 26.0 Å². The quantitative estimate of drug-likeness (QED) is 0.683. The van der Waals surface area contributed by atoms with Gasteiger partial charge in [0.25, 0.3) is 0 Å². The zero-order chi connectivity index (χ0) is 10.3. The third kappa shape index (κ3) is 1.62. The van der Waals surface area contributed by atoms with Crippen LogP contribution in [0.25, 0.3) is 10.9 Å². The summed E-state index contributed by atoms with van der Waals surface area (Å²) in [4.78, 5) is 8.48. The maximum Gasteiger partial charge on any atom is 0.140 e. The Bertz CT molecular complexity index is 464. The fourth-order valence-electron chi connectivity index (χ4n) is 1.43. The molecule has 0 amide bonds. The summed E-state index contributed by atoms with van der Waals surface area (Å²) in [6.07, 6.45) is 0. The Morgan fingerprint density at radius 1 is 1.21 bits per heavy atom. The summed E-state index contributed by atoms with van der Waals surface area (Å²) in [7, 11) is 0. The number of hydrogen-bond donors (Lipinski definition) is 0. The number of benzene rings is 1. The summed E-state index contributed by atoms with van der Waals surface area (Å²) >= 11 is 9.46. The molecule has 0 spiro atoms. The van der Waals surface area contributed by atoms with Crippen molar-refractivity contribution in [2.45, 2.75) is 13.8 Å². The minimum absolute atomic E-state index is 0.511. The minimum atomic E-state index is 0.511. The standard InChI is InChI=1S/C10H8BrClN2/c1-5-3-7(11)4-8-9(5)13-6(2)14-10(8)12/h3-4H,1-2H3. The molecule has 0 aliphatic rings. The molecule has 0 saturated heterocycles. The van der Waals surface area contributed by atoms with Gasteiger partial charge in [-0.1, -0.05) is 27.5 Å². The lowest BCUT2D eigenvalue weighted by Crippen LogP contribution is -1.92. The highest BCUT2D eigenvalue weighted by Crippen LogP contribution is 2.26. The number of fused-ring (bicyclic) bond motifs is 1. The molecule has 1 heterocycles. The maximum absolute atomic E-state index is 6.03. The Morgan fingerprint density at radius 3 is 2.64 bits per heavy atom. The Hall–Kier alpha value is -0.670. The van der Waals surface area contributed by atoms with Crippen LogP contribution in [0, 0.1) is 13.8 Å². The predicted octanol–water partition coefficient (Wildman–Crippen LogP) is 3.66. The van der Waals surface area contributed by atoms with Gasteiger partial charge in [0.1, 0.15) is 11.0 Å². The highest BCUT2D eigenvalue weighted by atomic mass is 79.9. The van der Waals surface area contributed by atoms with Crippen molar-refractivity contribution in [1.29, 1.82) is 0 Å². The summed E-state index contributed by atoms with van der Waals surface area (Å²) in [6.45, 7) is 3.85. The summed E-state index contributed by atoms with van der Waals surface area (Å²) < 4.78 is 0.997. The van der Waals surface area contributed by atoms with Crippen molar-refractivity contribution in [3.63, 3.8) is 0 Å². The molecule has 2 rings (SSSR count). The monoisotopic (exact) mass is 270 g/mol. The first-order chi connectivity index (χ1) is 6.58. The van der Waals surface area contributed by atoms with Crippen molar-refractivity contribution in [2.24, 2.45) is 0 Å². The van der Waals surface area contributed by atoms with E-state index in [4.69, 9.17) is 11.6 Å². The number of aromatic nitrogens is 2. The first-order valence-electron chi connectivity index (χ1n) is 4.18. The third-order valence-corrected chi connectivity index (χ3v) is 2.77. The number of rotatable bonds is 0. The lowest BCUT2D eigenvalue weighted by molar-refractivity contribution is 1.09. The maximum atomic E-state index is 6.03. The number of hydrogen-bond acceptors (Lipinski definition) is 2.